The molecule has 2 aliphatic heterocycles. The van der Waals surface area contributed by atoms with E-state index in [0.29, 0.717) is 25.5 Å². The van der Waals surface area contributed by atoms with Gasteiger partial charge >= 0.3 is 0 Å². The molecule has 4 rings (SSSR count). The van der Waals surface area contributed by atoms with Gasteiger partial charge in [-0.2, -0.15) is 0 Å². The lowest BCUT2D eigenvalue weighted by atomic mass is 9.96. The van der Waals surface area contributed by atoms with Crippen molar-refractivity contribution < 1.29 is 4.79 Å². The number of piperidine rings is 1. The van der Waals surface area contributed by atoms with Crippen LogP contribution in [-0.2, 0) is 11.3 Å². The molecule has 8 nitrogen and oxygen atoms in total. The van der Waals surface area contributed by atoms with Gasteiger partial charge in [-0.3, -0.25) is 9.59 Å². The molecule has 1 aromatic heterocycles. The molecule has 174 valence electrons. The van der Waals surface area contributed by atoms with Crippen molar-refractivity contribution in [2.45, 2.75) is 32.7 Å². The summed E-state index contributed by atoms with van der Waals surface area (Å²) in [6.45, 7) is 10.2. The average Bonchev–Trinajstić information content (AvgIpc) is 2.82. The molecule has 32 heavy (non-hydrogen) atoms. The van der Waals surface area contributed by atoms with E-state index in [1.165, 1.54) is 0 Å². The Hall–Kier alpha value is -2.45. The van der Waals surface area contributed by atoms with Crippen molar-refractivity contribution in [2.24, 2.45) is 5.92 Å². The third kappa shape index (κ3) is 5.13. The second-order valence-corrected chi connectivity index (χ2v) is 9.02. The van der Waals surface area contributed by atoms with Crippen molar-refractivity contribution in [3.63, 3.8) is 0 Å². The van der Waals surface area contributed by atoms with Crippen LogP contribution in [-0.4, -0.2) is 84.7 Å². The van der Waals surface area contributed by atoms with Crippen LogP contribution in [0.1, 0.15) is 26.2 Å². The summed E-state index contributed by atoms with van der Waals surface area (Å²) in [4.78, 5) is 37.2. The number of rotatable bonds is 7. The molecule has 2 aliphatic rings. The standard InChI is InChI=1S/C24H36N6O2/c1-3-30-21-8-5-4-7-20(21)26-22(24(30)32)29-13-9-19(10-14-29)23(31)25-11-6-12-28-17-15-27(2)16-18-28/h4-5,7-8,19H,3,6,9-18H2,1-2H3,(H,25,31). The van der Waals surface area contributed by atoms with Crippen molar-refractivity contribution >= 4 is 22.8 Å². The number of carbonyl (C=O) groups excluding carboxylic acids is 1. The third-order valence-electron chi connectivity index (χ3n) is 6.86. The van der Waals surface area contributed by atoms with Crippen LogP contribution in [0.15, 0.2) is 29.1 Å². The molecule has 0 atom stereocenters. The molecule has 1 N–H and O–H groups in total. The van der Waals surface area contributed by atoms with Gasteiger partial charge in [-0.15, -0.1) is 0 Å². The van der Waals surface area contributed by atoms with Gasteiger partial charge in [-0.1, -0.05) is 12.1 Å². The highest BCUT2D eigenvalue weighted by atomic mass is 16.2. The van der Waals surface area contributed by atoms with E-state index in [1.807, 2.05) is 31.2 Å². The zero-order valence-electron chi connectivity index (χ0n) is 19.4. The quantitative estimate of drug-likeness (QED) is 0.656. The van der Waals surface area contributed by atoms with Crippen molar-refractivity contribution in [1.29, 1.82) is 0 Å². The summed E-state index contributed by atoms with van der Waals surface area (Å²) in [6.07, 6.45) is 2.50. The van der Waals surface area contributed by atoms with Crippen LogP contribution >= 0.6 is 0 Å². The number of hydrogen-bond donors (Lipinski definition) is 1. The Morgan fingerprint density at radius 3 is 2.53 bits per heavy atom. The molecule has 0 aliphatic carbocycles. The Labute approximate surface area is 190 Å². The van der Waals surface area contributed by atoms with Gasteiger partial charge < -0.3 is 24.6 Å². The summed E-state index contributed by atoms with van der Waals surface area (Å²) in [6, 6.07) is 7.78. The minimum atomic E-state index is -0.0435. The number of fused-ring (bicyclic) bond motifs is 1. The minimum absolute atomic E-state index is 0.0174. The largest absolute Gasteiger partial charge is 0.356 e. The average molecular weight is 441 g/mol. The molecular formula is C24H36N6O2. The first kappa shape index (κ1) is 22.7. The highest BCUT2D eigenvalue weighted by Crippen LogP contribution is 2.22. The molecule has 2 fully saturated rings. The molecule has 1 amide bonds. The number of nitrogens with zero attached hydrogens (tertiary/aromatic N) is 5. The van der Waals surface area contributed by atoms with Crippen molar-refractivity contribution in [1.82, 2.24) is 24.7 Å². The molecule has 0 unspecified atom stereocenters. The van der Waals surface area contributed by atoms with Crippen LogP contribution in [0, 0.1) is 5.92 Å². The maximum absolute atomic E-state index is 13.0. The lowest BCUT2D eigenvalue weighted by Gasteiger charge is -2.33. The summed E-state index contributed by atoms with van der Waals surface area (Å²) in [7, 11) is 2.17. The summed E-state index contributed by atoms with van der Waals surface area (Å²) in [5.74, 6) is 0.681. The van der Waals surface area contributed by atoms with E-state index in [4.69, 9.17) is 0 Å². The number of piperazine rings is 1. The molecule has 2 aromatic rings. The van der Waals surface area contributed by atoms with E-state index in [2.05, 4.69) is 32.0 Å². The molecule has 0 bridgehead atoms. The first-order valence-electron chi connectivity index (χ1n) is 12.0. The van der Waals surface area contributed by atoms with Gasteiger partial charge in [0.15, 0.2) is 5.82 Å². The molecule has 8 heteroatoms. The molecule has 1 aromatic carbocycles. The number of likely N-dealkylation sites (N-methyl/N-ethyl adjacent to an activating group) is 1. The lowest BCUT2D eigenvalue weighted by Crippen LogP contribution is -2.45. The Morgan fingerprint density at radius 2 is 1.81 bits per heavy atom. The number of para-hydroxylation sites is 2. The number of carbonyl (C=O) groups is 1. The predicted octanol–water partition coefficient (Wildman–Crippen LogP) is 1.39. The summed E-state index contributed by atoms with van der Waals surface area (Å²) < 4.78 is 1.79. The van der Waals surface area contributed by atoms with Gasteiger partial charge in [0.1, 0.15) is 0 Å². The summed E-state index contributed by atoms with van der Waals surface area (Å²) in [5, 5.41) is 3.13. The molecule has 0 saturated carbocycles. The number of aromatic nitrogens is 2. The van der Waals surface area contributed by atoms with Crippen LogP contribution in [0.25, 0.3) is 11.0 Å². The van der Waals surface area contributed by atoms with Gasteiger partial charge in [-0.05, 0) is 51.9 Å². The van der Waals surface area contributed by atoms with Crippen molar-refractivity contribution in [3.8, 4) is 0 Å². The lowest BCUT2D eigenvalue weighted by molar-refractivity contribution is -0.125. The molecule has 3 heterocycles. The van der Waals surface area contributed by atoms with E-state index in [0.717, 1.165) is 69.6 Å². The van der Waals surface area contributed by atoms with E-state index >= 15 is 0 Å². The highest BCUT2D eigenvalue weighted by Gasteiger charge is 2.27. The number of hydrogen-bond acceptors (Lipinski definition) is 6. The fraction of sp³-hybridized carbons (Fsp3) is 0.625. The van der Waals surface area contributed by atoms with Crippen LogP contribution < -0.4 is 15.8 Å². The van der Waals surface area contributed by atoms with Gasteiger partial charge in [0.25, 0.3) is 5.56 Å². The fourth-order valence-electron chi connectivity index (χ4n) is 4.78. The van der Waals surface area contributed by atoms with Crippen LogP contribution in [0.3, 0.4) is 0 Å². The number of anilines is 1. The first-order valence-corrected chi connectivity index (χ1v) is 12.0. The second kappa shape index (κ2) is 10.4. The van der Waals surface area contributed by atoms with Crippen LogP contribution in [0.4, 0.5) is 5.82 Å². The Balaban J connectivity index is 1.27. The highest BCUT2D eigenvalue weighted by molar-refractivity contribution is 5.79. The number of amides is 1. The number of benzene rings is 1. The molecule has 2 saturated heterocycles. The smallest absolute Gasteiger partial charge is 0.293 e. The van der Waals surface area contributed by atoms with E-state index in [9.17, 15) is 9.59 Å². The molecule has 0 spiro atoms. The minimum Gasteiger partial charge on any atom is -0.356 e. The first-order chi connectivity index (χ1) is 15.6. The predicted molar refractivity (Wildman–Crippen MR) is 128 cm³/mol. The number of aryl methyl sites for hydroxylation is 1. The van der Waals surface area contributed by atoms with E-state index in [-0.39, 0.29) is 17.4 Å². The molecule has 0 radical (unpaired) electrons. The van der Waals surface area contributed by atoms with Crippen LogP contribution in [0.5, 0.6) is 0 Å². The van der Waals surface area contributed by atoms with E-state index < -0.39 is 0 Å². The second-order valence-electron chi connectivity index (χ2n) is 9.02. The van der Waals surface area contributed by atoms with Gasteiger partial charge in [0, 0.05) is 58.3 Å². The van der Waals surface area contributed by atoms with Gasteiger partial charge in [0.2, 0.25) is 5.91 Å². The van der Waals surface area contributed by atoms with Gasteiger partial charge in [0.05, 0.1) is 11.0 Å². The Kier molecular flexibility index (Phi) is 7.42. The number of nitrogens with one attached hydrogen (secondary N) is 1. The maximum Gasteiger partial charge on any atom is 0.293 e. The molecular weight excluding hydrogens is 404 g/mol. The van der Waals surface area contributed by atoms with Gasteiger partial charge in [-0.25, -0.2) is 4.98 Å². The summed E-state index contributed by atoms with van der Waals surface area (Å²) >= 11 is 0. The maximum atomic E-state index is 13.0. The topological polar surface area (TPSA) is 73.7 Å². The Bertz CT molecular complexity index is 974. The van der Waals surface area contributed by atoms with Crippen LogP contribution in [0.2, 0.25) is 0 Å². The SMILES string of the molecule is CCn1c(=O)c(N2CCC(C(=O)NCCCN3CCN(C)CC3)CC2)nc2ccccc21. The van der Waals surface area contributed by atoms with Crippen molar-refractivity contribution in [3.05, 3.63) is 34.6 Å². The normalized spacial score (nSPS) is 18.9. The fourth-order valence-corrected chi connectivity index (χ4v) is 4.78. The Morgan fingerprint density at radius 1 is 1.09 bits per heavy atom. The monoisotopic (exact) mass is 440 g/mol. The summed E-state index contributed by atoms with van der Waals surface area (Å²) in [5.41, 5.74) is 1.66. The zero-order chi connectivity index (χ0) is 22.5. The third-order valence-corrected chi connectivity index (χ3v) is 6.86. The van der Waals surface area contributed by atoms with E-state index in [1.54, 1.807) is 4.57 Å². The zero-order valence-corrected chi connectivity index (χ0v) is 19.4. The van der Waals surface area contributed by atoms with Crippen molar-refractivity contribution in [2.75, 3.05) is 64.3 Å².